The third-order valence-electron chi connectivity index (χ3n) is 2.95. The fourth-order valence-electron chi connectivity index (χ4n) is 1.89. The smallest absolute Gasteiger partial charge is 0.269 e. The second-order valence-electron chi connectivity index (χ2n) is 4.46. The highest BCUT2D eigenvalue weighted by Gasteiger charge is 2.15. The van der Waals surface area contributed by atoms with E-state index in [4.69, 9.17) is 0 Å². The first kappa shape index (κ1) is 15.4. The fourth-order valence-corrected chi connectivity index (χ4v) is 2.41. The Morgan fingerprint density at radius 2 is 2.00 bits per heavy atom. The average Bonchev–Trinajstić information content (AvgIpc) is 2.42. The zero-order chi connectivity index (χ0) is 15.6. The lowest BCUT2D eigenvalue weighted by Crippen LogP contribution is -2.09. The van der Waals surface area contributed by atoms with Crippen molar-refractivity contribution in [1.29, 1.82) is 0 Å². The molecule has 0 aliphatic carbocycles. The predicted octanol–water partition coefficient (Wildman–Crippen LogP) is 4.81. The molecular weight excluding hydrogens is 346 g/mol. The van der Waals surface area contributed by atoms with E-state index < -0.39 is 16.6 Å². The van der Waals surface area contributed by atoms with Crippen molar-refractivity contribution in [1.82, 2.24) is 0 Å². The molecule has 0 heterocycles. The highest BCUT2D eigenvalue weighted by Crippen LogP contribution is 2.30. The van der Waals surface area contributed by atoms with Crippen molar-refractivity contribution >= 4 is 27.3 Å². The molecule has 21 heavy (non-hydrogen) atoms. The van der Waals surface area contributed by atoms with Gasteiger partial charge in [0, 0.05) is 28.7 Å². The molecule has 7 heteroatoms. The molecule has 2 aromatic carbocycles. The molecule has 4 nitrogen and oxygen atoms in total. The number of hydrogen-bond donors (Lipinski definition) is 1. The molecule has 0 aliphatic rings. The molecule has 0 amide bonds. The van der Waals surface area contributed by atoms with Crippen molar-refractivity contribution in [2.24, 2.45) is 0 Å². The van der Waals surface area contributed by atoms with E-state index in [-0.39, 0.29) is 21.9 Å². The van der Waals surface area contributed by atoms with Crippen LogP contribution in [0.25, 0.3) is 0 Å². The van der Waals surface area contributed by atoms with Crippen LogP contribution in [-0.2, 0) is 0 Å². The Bertz CT molecular complexity index is 671. The minimum Gasteiger partial charge on any atom is -0.375 e. The monoisotopic (exact) mass is 356 g/mol. The number of nitrogens with zero attached hydrogens (tertiary/aromatic N) is 1. The van der Waals surface area contributed by atoms with Crippen LogP contribution in [0.2, 0.25) is 0 Å². The summed E-state index contributed by atoms with van der Waals surface area (Å²) in [4.78, 5) is 10.3. The van der Waals surface area contributed by atoms with Gasteiger partial charge in [0.1, 0.15) is 11.6 Å². The standard InChI is InChI=1S/C14H11BrF2N2O2/c1-8(9-3-2-4-11(5-9)19(20)21)18-14-12(15)6-10(16)7-13(14)17/h2-8,18H,1H3. The number of anilines is 1. The molecule has 0 spiro atoms. The largest absolute Gasteiger partial charge is 0.375 e. The third kappa shape index (κ3) is 3.55. The number of nitro groups is 1. The summed E-state index contributed by atoms with van der Waals surface area (Å²) in [6.07, 6.45) is 0. The van der Waals surface area contributed by atoms with Gasteiger partial charge in [-0.1, -0.05) is 12.1 Å². The minimum absolute atomic E-state index is 0.0419. The molecule has 0 radical (unpaired) electrons. The molecule has 0 bridgehead atoms. The number of rotatable bonds is 4. The van der Waals surface area contributed by atoms with Crippen LogP contribution in [0.4, 0.5) is 20.2 Å². The first-order valence-electron chi connectivity index (χ1n) is 6.04. The van der Waals surface area contributed by atoms with Gasteiger partial charge in [-0.05, 0) is 34.5 Å². The first-order valence-corrected chi connectivity index (χ1v) is 6.83. The maximum Gasteiger partial charge on any atom is 0.269 e. The first-order chi connectivity index (χ1) is 9.88. The SMILES string of the molecule is CC(Nc1c(F)cc(F)cc1Br)c1cccc([N+](=O)[O-])c1. The minimum atomic E-state index is -0.737. The normalized spacial score (nSPS) is 12.0. The summed E-state index contributed by atoms with van der Waals surface area (Å²) >= 11 is 3.09. The van der Waals surface area contributed by atoms with E-state index in [1.807, 2.05) is 0 Å². The molecule has 0 saturated heterocycles. The van der Waals surface area contributed by atoms with Crippen molar-refractivity contribution < 1.29 is 13.7 Å². The molecule has 2 rings (SSSR count). The number of nitro benzene ring substituents is 1. The van der Waals surface area contributed by atoms with Gasteiger partial charge in [0.15, 0.2) is 0 Å². The Morgan fingerprint density at radius 3 is 2.62 bits per heavy atom. The van der Waals surface area contributed by atoms with Crippen molar-refractivity contribution in [3.05, 3.63) is 68.2 Å². The molecule has 0 aromatic heterocycles. The summed E-state index contributed by atoms with van der Waals surface area (Å²) in [6, 6.07) is 7.57. The molecule has 2 aromatic rings. The summed E-state index contributed by atoms with van der Waals surface area (Å²) in [7, 11) is 0. The fraction of sp³-hybridized carbons (Fsp3) is 0.143. The highest BCUT2D eigenvalue weighted by atomic mass is 79.9. The second kappa shape index (κ2) is 6.17. The molecule has 110 valence electrons. The summed E-state index contributed by atoms with van der Waals surface area (Å²) in [5.41, 5.74) is 0.690. The molecule has 0 aliphatic heterocycles. The lowest BCUT2D eigenvalue weighted by molar-refractivity contribution is -0.384. The Kier molecular flexibility index (Phi) is 4.52. The van der Waals surface area contributed by atoms with Gasteiger partial charge in [-0.2, -0.15) is 0 Å². The van der Waals surface area contributed by atoms with Crippen LogP contribution >= 0.6 is 15.9 Å². The Balaban J connectivity index is 2.28. The van der Waals surface area contributed by atoms with Gasteiger partial charge < -0.3 is 5.32 Å². The molecule has 0 fully saturated rings. The van der Waals surface area contributed by atoms with E-state index in [0.717, 1.165) is 12.1 Å². The van der Waals surface area contributed by atoms with Gasteiger partial charge in [0.25, 0.3) is 5.69 Å². The number of halogens is 3. The number of benzene rings is 2. The van der Waals surface area contributed by atoms with Crippen LogP contribution in [0.5, 0.6) is 0 Å². The second-order valence-corrected chi connectivity index (χ2v) is 5.32. The van der Waals surface area contributed by atoms with Gasteiger partial charge >= 0.3 is 0 Å². The van der Waals surface area contributed by atoms with E-state index >= 15 is 0 Å². The summed E-state index contributed by atoms with van der Waals surface area (Å²) in [5, 5.41) is 13.6. The van der Waals surface area contributed by atoms with Crippen LogP contribution < -0.4 is 5.32 Å². The highest BCUT2D eigenvalue weighted by molar-refractivity contribution is 9.10. The van der Waals surface area contributed by atoms with E-state index in [2.05, 4.69) is 21.2 Å². The number of nitrogens with one attached hydrogen (secondary N) is 1. The maximum absolute atomic E-state index is 13.8. The Morgan fingerprint density at radius 1 is 1.29 bits per heavy atom. The quantitative estimate of drug-likeness (QED) is 0.631. The molecule has 1 atom stereocenters. The van der Waals surface area contributed by atoms with Crippen molar-refractivity contribution in [2.45, 2.75) is 13.0 Å². The predicted molar refractivity (Wildman–Crippen MR) is 79.2 cm³/mol. The lowest BCUT2D eigenvalue weighted by Gasteiger charge is -2.17. The summed E-state index contributed by atoms with van der Waals surface area (Å²) in [6.45, 7) is 1.73. The van der Waals surface area contributed by atoms with Crippen molar-refractivity contribution in [3.8, 4) is 0 Å². The van der Waals surface area contributed by atoms with Crippen LogP contribution in [0, 0.1) is 21.7 Å². The van der Waals surface area contributed by atoms with Crippen LogP contribution in [0.1, 0.15) is 18.5 Å². The lowest BCUT2D eigenvalue weighted by atomic mass is 10.1. The number of non-ortho nitro benzene ring substituents is 1. The molecular formula is C14H11BrF2N2O2. The summed E-state index contributed by atoms with van der Waals surface area (Å²) < 4.78 is 27.0. The molecule has 1 N–H and O–H groups in total. The zero-order valence-corrected chi connectivity index (χ0v) is 12.5. The van der Waals surface area contributed by atoms with Gasteiger partial charge in [0.2, 0.25) is 0 Å². The van der Waals surface area contributed by atoms with Gasteiger partial charge in [0.05, 0.1) is 10.6 Å². The summed E-state index contributed by atoms with van der Waals surface area (Å²) in [5.74, 6) is -1.42. The number of hydrogen-bond acceptors (Lipinski definition) is 3. The van der Waals surface area contributed by atoms with E-state index in [9.17, 15) is 18.9 Å². The van der Waals surface area contributed by atoms with Gasteiger partial charge in [-0.15, -0.1) is 0 Å². The average molecular weight is 357 g/mol. The third-order valence-corrected chi connectivity index (χ3v) is 3.57. The van der Waals surface area contributed by atoms with Gasteiger partial charge in [-0.3, -0.25) is 10.1 Å². The topological polar surface area (TPSA) is 55.2 Å². The zero-order valence-electron chi connectivity index (χ0n) is 10.9. The van der Waals surface area contributed by atoms with Crippen molar-refractivity contribution in [3.63, 3.8) is 0 Å². The van der Waals surface area contributed by atoms with E-state index in [0.29, 0.717) is 5.56 Å². The van der Waals surface area contributed by atoms with Crippen LogP contribution in [0.15, 0.2) is 40.9 Å². The maximum atomic E-state index is 13.8. The Labute approximate surface area is 128 Å². The van der Waals surface area contributed by atoms with Gasteiger partial charge in [-0.25, -0.2) is 8.78 Å². The van der Waals surface area contributed by atoms with E-state index in [1.165, 1.54) is 12.1 Å². The Hall–Kier alpha value is -2.02. The van der Waals surface area contributed by atoms with Crippen LogP contribution in [-0.4, -0.2) is 4.92 Å². The van der Waals surface area contributed by atoms with E-state index in [1.54, 1.807) is 19.1 Å². The van der Waals surface area contributed by atoms with Crippen LogP contribution in [0.3, 0.4) is 0 Å². The molecule has 1 unspecified atom stereocenters. The van der Waals surface area contributed by atoms with Crippen molar-refractivity contribution in [2.75, 3.05) is 5.32 Å². The molecule has 0 saturated carbocycles.